The van der Waals surface area contributed by atoms with Crippen molar-refractivity contribution in [1.29, 1.82) is 0 Å². The summed E-state index contributed by atoms with van der Waals surface area (Å²) in [5.41, 5.74) is 4.78. The van der Waals surface area contributed by atoms with Crippen molar-refractivity contribution >= 4 is 17.3 Å². The van der Waals surface area contributed by atoms with E-state index in [1.54, 1.807) is 18.2 Å². The van der Waals surface area contributed by atoms with Crippen LogP contribution in [0.4, 0.5) is 5.69 Å². The van der Waals surface area contributed by atoms with E-state index in [9.17, 15) is 4.79 Å². The number of ether oxygens (including phenoxy) is 1. The first-order chi connectivity index (χ1) is 10.2. The molecule has 3 N–H and O–H groups in total. The molecule has 0 unspecified atom stereocenters. The molecule has 0 saturated carbocycles. The van der Waals surface area contributed by atoms with E-state index < -0.39 is 5.97 Å². The van der Waals surface area contributed by atoms with Gasteiger partial charge in [-0.15, -0.1) is 10.2 Å². The molecule has 0 radical (unpaired) electrons. The zero-order valence-electron chi connectivity index (χ0n) is 11.1. The summed E-state index contributed by atoms with van der Waals surface area (Å²) in [6, 6.07) is 8.82. The molecule has 2 heterocycles. The lowest BCUT2D eigenvalue weighted by Crippen LogP contribution is -2.06. The van der Waals surface area contributed by atoms with Gasteiger partial charge in [-0.3, -0.25) is 5.84 Å². The summed E-state index contributed by atoms with van der Waals surface area (Å²) in [5.74, 6) is 5.38. The number of benzene rings is 1. The highest BCUT2D eigenvalue weighted by molar-refractivity contribution is 5.95. The molecule has 0 aliphatic carbocycles. The molecule has 0 atom stereocenters. The fourth-order valence-corrected chi connectivity index (χ4v) is 1.97. The van der Waals surface area contributed by atoms with Gasteiger partial charge in [0.15, 0.2) is 11.5 Å². The number of fused-ring (bicyclic) bond motifs is 1. The Bertz CT molecular complexity index is 796. The van der Waals surface area contributed by atoms with Gasteiger partial charge in [-0.25, -0.2) is 4.79 Å². The highest BCUT2D eigenvalue weighted by Gasteiger charge is 2.17. The van der Waals surface area contributed by atoms with E-state index in [0.717, 1.165) is 11.3 Å². The number of esters is 1. The van der Waals surface area contributed by atoms with E-state index >= 15 is 0 Å². The lowest BCUT2D eigenvalue weighted by Gasteiger charge is -2.03. The van der Waals surface area contributed by atoms with Gasteiger partial charge in [-0.1, -0.05) is 0 Å². The number of rotatable bonds is 3. The molecule has 0 fully saturated rings. The van der Waals surface area contributed by atoms with E-state index in [4.69, 9.17) is 10.6 Å². The molecule has 21 heavy (non-hydrogen) atoms. The van der Waals surface area contributed by atoms with Crippen molar-refractivity contribution in [2.24, 2.45) is 5.84 Å². The van der Waals surface area contributed by atoms with Crippen LogP contribution >= 0.6 is 0 Å². The van der Waals surface area contributed by atoms with Crippen LogP contribution in [-0.4, -0.2) is 32.9 Å². The number of nitrogens with one attached hydrogen (secondary N) is 1. The average Bonchev–Trinajstić information content (AvgIpc) is 2.98. The van der Waals surface area contributed by atoms with Gasteiger partial charge < -0.3 is 10.2 Å². The molecule has 1 aromatic carbocycles. The van der Waals surface area contributed by atoms with Crippen LogP contribution in [0.5, 0.6) is 0 Å². The molecular weight excluding hydrogens is 272 g/mol. The van der Waals surface area contributed by atoms with Gasteiger partial charge in [-0.05, 0) is 30.3 Å². The number of methoxy groups -OCH3 is 1. The van der Waals surface area contributed by atoms with Crippen LogP contribution in [0, 0.1) is 0 Å². The predicted molar refractivity (Wildman–Crippen MR) is 75.4 cm³/mol. The summed E-state index contributed by atoms with van der Waals surface area (Å²) in [7, 11) is 1.31. The third-order valence-electron chi connectivity index (χ3n) is 3.02. The van der Waals surface area contributed by atoms with Crippen LogP contribution in [0.3, 0.4) is 0 Å². The first kappa shape index (κ1) is 13.0. The Kier molecular flexibility index (Phi) is 3.20. The number of carbonyl (C=O) groups is 1. The monoisotopic (exact) mass is 284 g/mol. The molecule has 106 valence electrons. The maximum Gasteiger partial charge on any atom is 0.341 e. The van der Waals surface area contributed by atoms with Gasteiger partial charge in [0.2, 0.25) is 0 Å². The molecule has 0 aliphatic heterocycles. The third kappa shape index (κ3) is 2.17. The largest absolute Gasteiger partial charge is 0.465 e. The van der Waals surface area contributed by atoms with Crippen molar-refractivity contribution in [3.05, 3.63) is 42.1 Å². The van der Waals surface area contributed by atoms with Crippen molar-refractivity contribution in [3.8, 4) is 11.4 Å². The zero-order chi connectivity index (χ0) is 14.8. The van der Waals surface area contributed by atoms with Gasteiger partial charge in [-0.2, -0.15) is 9.61 Å². The smallest absolute Gasteiger partial charge is 0.341 e. The second-order valence-electron chi connectivity index (χ2n) is 4.22. The first-order valence-electron chi connectivity index (χ1n) is 6.10. The molecule has 2 aromatic heterocycles. The molecule has 3 aromatic rings. The average molecular weight is 284 g/mol. The van der Waals surface area contributed by atoms with Crippen molar-refractivity contribution in [2.45, 2.75) is 0 Å². The summed E-state index contributed by atoms with van der Waals surface area (Å²) >= 11 is 0. The summed E-state index contributed by atoms with van der Waals surface area (Å²) in [4.78, 5) is 11.7. The quantitative estimate of drug-likeness (QED) is 0.417. The Morgan fingerprint density at radius 1 is 1.24 bits per heavy atom. The molecule has 0 aliphatic rings. The van der Waals surface area contributed by atoms with Crippen LogP contribution in [0.25, 0.3) is 17.0 Å². The molecule has 0 saturated heterocycles. The van der Waals surface area contributed by atoms with Crippen LogP contribution in [0.1, 0.15) is 10.4 Å². The number of nitrogens with two attached hydrogens (primary N) is 1. The number of hydrogen-bond acceptors (Lipinski definition) is 7. The maximum absolute atomic E-state index is 11.7. The maximum atomic E-state index is 11.7. The molecule has 0 bridgehead atoms. The minimum absolute atomic E-state index is 0.312. The summed E-state index contributed by atoms with van der Waals surface area (Å²) in [6.45, 7) is 0. The van der Waals surface area contributed by atoms with E-state index in [0.29, 0.717) is 17.0 Å². The summed E-state index contributed by atoms with van der Waals surface area (Å²) in [5, 5.41) is 12.3. The molecule has 3 rings (SSSR count). The highest BCUT2D eigenvalue weighted by atomic mass is 16.5. The minimum Gasteiger partial charge on any atom is -0.465 e. The fraction of sp³-hybridized carbons (Fsp3) is 0.0769. The van der Waals surface area contributed by atoms with Gasteiger partial charge in [0.05, 0.1) is 7.11 Å². The minimum atomic E-state index is -0.482. The number of hydrazine groups is 1. The molecule has 0 spiro atoms. The number of nitrogens with zero attached hydrogens (tertiary/aromatic N) is 4. The highest BCUT2D eigenvalue weighted by Crippen LogP contribution is 2.20. The molecule has 8 heteroatoms. The second kappa shape index (κ2) is 5.17. The second-order valence-corrected chi connectivity index (χ2v) is 4.22. The van der Waals surface area contributed by atoms with E-state index in [-0.39, 0.29) is 0 Å². The number of carbonyl (C=O) groups excluding carboxylic acids is 1. The summed E-state index contributed by atoms with van der Waals surface area (Å²) in [6.07, 6.45) is 1.50. The van der Waals surface area contributed by atoms with Gasteiger partial charge >= 0.3 is 5.97 Å². The van der Waals surface area contributed by atoms with Gasteiger partial charge in [0.25, 0.3) is 0 Å². The zero-order valence-corrected chi connectivity index (χ0v) is 11.1. The first-order valence-corrected chi connectivity index (χ1v) is 6.10. The molecular formula is C13H12N6O2. The van der Waals surface area contributed by atoms with Crippen LogP contribution < -0.4 is 11.3 Å². The normalized spacial score (nSPS) is 10.6. The molecule has 8 nitrogen and oxygen atoms in total. The summed E-state index contributed by atoms with van der Waals surface area (Å²) < 4.78 is 6.22. The van der Waals surface area contributed by atoms with Crippen molar-refractivity contribution in [3.63, 3.8) is 0 Å². The number of aromatic nitrogens is 4. The fourth-order valence-electron chi connectivity index (χ4n) is 1.97. The Morgan fingerprint density at radius 2 is 2.00 bits per heavy atom. The van der Waals surface area contributed by atoms with Gasteiger partial charge in [0.1, 0.15) is 5.56 Å². The van der Waals surface area contributed by atoms with Crippen LogP contribution in [0.2, 0.25) is 0 Å². The predicted octanol–water partition coefficient (Wildman–Crippen LogP) is 0.863. The number of anilines is 1. The number of hydrogen-bond donors (Lipinski definition) is 2. The van der Waals surface area contributed by atoms with Crippen LogP contribution in [0.15, 0.2) is 36.5 Å². The molecule has 0 amide bonds. The lowest BCUT2D eigenvalue weighted by molar-refractivity contribution is 0.0602. The standard InChI is InChI=1S/C13H12N6O2/c1-21-13(20)10-6-7-15-19-11(17-18-12(10)19)8-2-4-9(16-14)5-3-8/h2-7,16H,14H2,1H3. The van der Waals surface area contributed by atoms with E-state index in [1.165, 1.54) is 17.8 Å². The third-order valence-corrected chi connectivity index (χ3v) is 3.02. The van der Waals surface area contributed by atoms with E-state index in [2.05, 4.69) is 20.7 Å². The van der Waals surface area contributed by atoms with Crippen molar-refractivity contribution in [1.82, 2.24) is 19.8 Å². The number of nitrogen functional groups attached to an aromatic ring is 1. The Labute approximate surface area is 119 Å². The lowest BCUT2D eigenvalue weighted by atomic mass is 10.2. The topological polar surface area (TPSA) is 107 Å². The van der Waals surface area contributed by atoms with E-state index in [1.807, 2.05) is 12.1 Å². The SMILES string of the molecule is COC(=O)c1ccnn2c(-c3ccc(NN)cc3)nnc12. The Balaban J connectivity index is 2.13. The van der Waals surface area contributed by atoms with Crippen LogP contribution in [-0.2, 0) is 4.74 Å². The van der Waals surface area contributed by atoms with Crippen molar-refractivity contribution < 1.29 is 9.53 Å². The van der Waals surface area contributed by atoms with Crippen molar-refractivity contribution in [2.75, 3.05) is 12.5 Å². The Morgan fingerprint density at radius 3 is 2.67 bits per heavy atom. The van der Waals surface area contributed by atoms with Gasteiger partial charge in [0, 0.05) is 17.4 Å². The Hall–Kier alpha value is -3.00.